The molecule has 0 aliphatic rings. The molecule has 0 aromatic carbocycles. The van der Waals surface area contributed by atoms with E-state index in [0.29, 0.717) is 5.41 Å². The second-order valence-corrected chi connectivity index (χ2v) is 5.12. The Morgan fingerprint density at radius 3 is 2.60 bits per heavy atom. The largest absolute Gasteiger partial charge is 0.307 e. The van der Waals surface area contributed by atoms with E-state index in [1.165, 1.54) is 6.20 Å². The van der Waals surface area contributed by atoms with Gasteiger partial charge in [-0.3, -0.25) is 15.1 Å². The molecule has 1 rings (SSSR count). The van der Waals surface area contributed by atoms with Crippen molar-refractivity contribution in [2.24, 2.45) is 0 Å². The Morgan fingerprint density at radius 2 is 2.13 bits per heavy atom. The Balaban J connectivity index is 3.66. The van der Waals surface area contributed by atoms with Crippen molar-refractivity contribution in [2.75, 3.05) is 0 Å². The molecule has 0 aliphatic heterocycles. The van der Waals surface area contributed by atoms with Gasteiger partial charge in [0.05, 0.1) is 9.40 Å². The van der Waals surface area contributed by atoms with E-state index in [9.17, 15) is 18.5 Å². The smallest absolute Gasteiger partial charge is 0.258 e. The third-order valence-electron chi connectivity index (χ3n) is 1.53. The van der Waals surface area contributed by atoms with Crippen molar-refractivity contribution in [3.8, 4) is 0 Å². The van der Waals surface area contributed by atoms with Crippen LogP contribution in [0.1, 0.15) is 0 Å². The van der Waals surface area contributed by atoms with Crippen molar-refractivity contribution in [2.45, 2.75) is 4.90 Å². The van der Waals surface area contributed by atoms with Crippen molar-refractivity contribution in [3.05, 3.63) is 39.0 Å². The first-order chi connectivity index (χ1) is 6.90. The molecule has 0 unspecified atom stereocenters. The molecule has 0 aliphatic carbocycles. The van der Waals surface area contributed by atoms with Gasteiger partial charge in [-0.2, -0.15) is 0 Å². The Bertz CT molecular complexity index is 526. The van der Waals surface area contributed by atoms with E-state index >= 15 is 0 Å². The number of nitro groups is 1. The molecule has 0 radical (unpaired) electrons. The summed E-state index contributed by atoms with van der Waals surface area (Å²) < 4.78 is 23.0. The maximum absolute atomic E-state index is 11.5. The fourth-order valence-corrected chi connectivity index (χ4v) is 2.82. The van der Waals surface area contributed by atoms with Crippen LogP contribution in [-0.4, -0.2) is 18.3 Å². The molecule has 0 N–H and O–H groups in total. The SMILES string of the molecule is C=CS(=O)(=O)c1c(Br)cncc1[N+](=O)[O-]. The van der Waals surface area contributed by atoms with E-state index in [-0.39, 0.29) is 4.47 Å². The average molecular weight is 293 g/mol. The molecule has 0 atom stereocenters. The third-order valence-corrected chi connectivity index (χ3v) is 3.84. The first kappa shape index (κ1) is 11.8. The summed E-state index contributed by atoms with van der Waals surface area (Å²) in [6.45, 7) is 3.10. The van der Waals surface area contributed by atoms with Gasteiger partial charge >= 0.3 is 5.69 Å². The fourth-order valence-electron chi connectivity index (χ4n) is 0.908. The van der Waals surface area contributed by atoms with Gasteiger partial charge in [-0.25, -0.2) is 8.42 Å². The zero-order chi connectivity index (χ0) is 11.6. The summed E-state index contributed by atoms with van der Waals surface area (Å²) in [5.74, 6) is 0. The number of halogens is 1. The second-order valence-electron chi connectivity index (χ2n) is 2.44. The summed E-state index contributed by atoms with van der Waals surface area (Å²) in [5.41, 5.74) is -0.579. The number of pyridine rings is 1. The number of sulfone groups is 1. The topological polar surface area (TPSA) is 90.2 Å². The van der Waals surface area contributed by atoms with Crippen molar-refractivity contribution >= 4 is 31.5 Å². The lowest BCUT2D eigenvalue weighted by Crippen LogP contribution is -2.03. The van der Waals surface area contributed by atoms with Gasteiger partial charge in [-0.1, -0.05) is 6.58 Å². The maximum Gasteiger partial charge on any atom is 0.307 e. The first-order valence-electron chi connectivity index (χ1n) is 3.55. The van der Waals surface area contributed by atoms with E-state index in [2.05, 4.69) is 27.5 Å². The lowest BCUT2D eigenvalue weighted by Gasteiger charge is -2.02. The first-order valence-corrected chi connectivity index (χ1v) is 5.89. The number of hydrogen-bond donors (Lipinski definition) is 0. The molecule has 0 fully saturated rings. The number of nitrogens with zero attached hydrogens (tertiary/aromatic N) is 2. The fraction of sp³-hybridized carbons (Fsp3) is 0. The molecule has 1 heterocycles. The van der Waals surface area contributed by atoms with E-state index in [0.717, 1.165) is 6.20 Å². The highest BCUT2D eigenvalue weighted by atomic mass is 79.9. The number of hydrogen-bond acceptors (Lipinski definition) is 5. The number of rotatable bonds is 3. The van der Waals surface area contributed by atoms with E-state index in [4.69, 9.17) is 0 Å². The van der Waals surface area contributed by atoms with Crippen LogP contribution in [0, 0.1) is 10.1 Å². The highest BCUT2D eigenvalue weighted by Gasteiger charge is 2.26. The van der Waals surface area contributed by atoms with Gasteiger partial charge in [0.15, 0.2) is 4.90 Å². The monoisotopic (exact) mass is 292 g/mol. The Kier molecular flexibility index (Phi) is 3.20. The van der Waals surface area contributed by atoms with Crippen LogP contribution in [0.15, 0.2) is 33.7 Å². The minimum atomic E-state index is -3.87. The van der Waals surface area contributed by atoms with Crippen LogP contribution in [0.5, 0.6) is 0 Å². The van der Waals surface area contributed by atoms with Crippen LogP contribution in [0.4, 0.5) is 5.69 Å². The molecule has 15 heavy (non-hydrogen) atoms. The lowest BCUT2D eigenvalue weighted by atomic mass is 10.4. The summed E-state index contributed by atoms with van der Waals surface area (Å²) in [7, 11) is -3.87. The van der Waals surface area contributed by atoms with E-state index in [1.807, 2.05) is 0 Å². The van der Waals surface area contributed by atoms with E-state index in [1.54, 1.807) is 0 Å². The zero-order valence-corrected chi connectivity index (χ0v) is 9.66. The highest BCUT2D eigenvalue weighted by Crippen LogP contribution is 2.30. The molecule has 8 heteroatoms. The van der Waals surface area contributed by atoms with Gasteiger partial charge in [0.25, 0.3) is 0 Å². The minimum absolute atomic E-state index is 0.0385. The normalized spacial score (nSPS) is 11.0. The molecule has 0 spiro atoms. The van der Waals surface area contributed by atoms with Crippen molar-refractivity contribution in [1.82, 2.24) is 4.98 Å². The van der Waals surface area contributed by atoms with Gasteiger partial charge in [-0.05, 0) is 15.9 Å². The molecule has 1 aromatic heterocycles. The summed E-state index contributed by atoms with van der Waals surface area (Å²) in [6, 6.07) is 0. The summed E-state index contributed by atoms with van der Waals surface area (Å²) >= 11 is 2.90. The van der Waals surface area contributed by atoms with Crippen LogP contribution in [-0.2, 0) is 9.84 Å². The second kappa shape index (κ2) is 4.07. The van der Waals surface area contributed by atoms with Crippen LogP contribution < -0.4 is 0 Å². The zero-order valence-electron chi connectivity index (χ0n) is 7.25. The van der Waals surface area contributed by atoms with Crippen LogP contribution in [0.25, 0.3) is 0 Å². The Labute approximate surface area is 93.8 Å². The molecule has 0 saturated carbocycles. The predicted octanol–water partition coefficient (Wildman–Crippen LogP) is 1.67. The third kappa shape index (κ3) is 2.21. The summed E-state index contributed by atoms with van der Waals surface area (Å²) in [6.07, 6.45) is 2.05. The molecule has 6 nitrogen and oxygen atoms in total. The molecular weight excluding hydrogens is 288 g/mol. The van der Waals surface area contributed by atoms with Gasteiger partial charge in [0.1, 0.15) is 6.20 Å². The number of aromatic nitrogens is 1. The van der Waals surface area contributed by atoms with E-state index < -0.39 is 25.3 Å². The van der Waals surface area contributed by atoms with Gasteiger partial charge in [0.2, 0.25) is 9.84 Å². The van der Waals surface area contributed by atoms with Crippen LogP contribution in [0.3, 0.4) is 0 Å². The highest BCUT2D eigenvalue weighted by molar-refractivity contribution is 9.10. The standard InChI is InChI=1S/C7H5BrN2O4S/c1-2-15(13,14)7-5(8)3-9-4-6(7)10(11)12/h2-4H,1H2. The van der Waals surface area contributed by atoms with Crippen LogP contribution in [0.2, 0.25) is 0 Å². The molecule has 1 aromatic rings. The van der Waals surface area contributed by atoms with Crippen molar-refractivity contribution in [1.29, 1.82) is 0 Å². The quantitative estimate of drug-likeness (QED) is 0.624. The van der Waals surface area contributed by atoms with Crippen LogP contribution >= 0.6 is 15.9 Å². The maximum atomic E-state index is 11.5. The van der Waals surface area contributed by atoms with Gasteiger partial charge in [0, 0.05) is 11.6 Å². The molecule has 0 saturated heterocycles. The van der Waals surface area contributed by atoms with Gasteiger partial charge in [-0.15, -0.1) is 0 Å². The summed E-state index contributed by atoms with van der Waals surface area (Å²) in [4.78, 5) is 12.9. The minimum Gasteiger partial charge on any atom is -0.258 e. The molecule has 80 valence electrons. The van der Waals surface area contributed by atoms with Crippen molar-refractivity contribution in [3.63, 3.8) is 0 Å². The van der Waals surface area contributed by atoms with Crippen molar-refractivity contribution < 1.29 is 13.3 Å². The molecular formula is C7H5BrN2O4S. The van der Waals surface area contributed by atoms with Gasteiger partial charge < -0.3 is 0 Å². The molecule has 0 bridgehead atoms. The Morgan fingerprint density at radius 1 is 1.53 bits per heavy atom. The lowest BCUT2D eigenvalue weighted by molar-refractivity contribution is -0.388. The average Bonchev–Trinajstić information content (AvgIpc) is 2.17. The molecule has 0 amide bonds. The predicted molar refractivity (Wildman–Crippen MR) is 56.0 cm³/mol. The Hall–Kier alpha value is -1.28. The summed E-state index contributed by atoms with van der Waals surface area (Å²) in [5, 5.41) is 11.2.